The number of nitrogens with zero attached hydrogens (tertiary/aromatic N) is 5. The fourth-order valence-electron chi connectivity index (χ4n) is 11.1. The number of fused-ring (bicyclic) bond motifs is 15. The first kappa shape index (κ1) is 54.2. The number of carbonyl (C=O) groups excluding carboxylic acids is 1. The highest BCUT2D eigenvalue weighted by molar-refractivity contribution is 5.85. The van der Waals surface area contributed by atoms with Gasteiger partial charge in [-0.2, -0.15) is 5.10 Å². The minimum Gasteiger partial charge on any atom is -0.459 e. The van der Waals surface area contributed by atoms with Crippen molar-refractivity contribution >= 4 is 11.7 Å². The maximum Gasteiger partial charge on any atom is 0.311 e. The molecule has 7 rings (SSSR count). The number of methoxy groups -OCH3 is 1. The Labute approximate surface area is 403 Å². The molecular formula is C50H82N6O12. The smallest absolute Gasteiger partial charge is 0.311 e. The molecule has 7 heterocycles. The third-order valence-electron chi connectivity index (χ3n) is 15.3. The number of nitrogens with one attached hydrogen (secondary N) is 1. The number of hydrogen-bond acceptors (Lipinski definition) is 17. The lowest BCUT2D eigenvalue weighted by Crippen LogP contribution is -2.61. The number of hydrogen-bond donors (Lipinski definition) is 4. The number of aromatic nitrogens is 3. The van der Waals surface area contributed by atoms with Crippen LogP contribution in [0, 0.1) is 23.7 Å². The summed E-state index contributed by atoms with van der Waals surface area (Å²) in [5.74, 6) is -1.95. The van der Waals surface area contributed by atoms with E-state index in [2.05, 4.69) is 29.2 Å². The zero-order chi connectivity index (χ0) is 49.7. The number of rotatable bonds is 11. The van der Waals surface area contributed by atoms with E-state index in [-0.39, 0.29) is 49.7 Å². The summed E-state index contributed by atoms with van der Waals surface area (Å²) in [5, 5.41) is 48.6. The number of oxime groups is 1. The van der Waals surface area contributed by atoms with E-state index >= 15 is 0 Å². The van der Waals surface area contributed by atoms with Gasteiger partial charge in [-0.3, -0.25) is 4.79 Å². The topological polar surface area (TPSA) is 210 Å². The molecule has 0 spiro atoms. The number of pyridine rings is 1. The Bertz CT molecular complexity index is 1920. The fraction of sp³-hybridized carbons (Fsp3) is 0.800. The van der Waals surface area contributed by atoms with Crippen LogP contribution in [0.5, 0.6) is 0 Å². The molecule has 4 N–H and O–H groups in total. The molecule has 2 aromatic rings. The SMILES string of the molecule is CC[C@H]1OC(=O)[C@H](C)[C@@H](O[C@H]2C[C@@](C)(OC)[C@@H](O)[C@H](C)O2)[C@H](C)[C@@H](O[C@@H]2O[C@H](C)C[C@H](N(C)C)[C@H]2O)[C@@]2(C)C[C@@H](C)NC[C@H](C)[C@@H](CC/C(=N\OCc3ccc(-n4cccn4)nc3)CO2)[C@]1(C)O. The van der Waals surface area contributed by atoms with Crippen LogP contribution < -0.4 is 5.32 Å². The van der Waals surface area contributed by atoms with Crippen molar-refractivity contribution in [3.63, 3.8) is 0 Å². The predicted molar refractivity (Wildman–Crippen MR) is 254 cm³/mol. The second-order valence-corrected chi connectivity index (χ2v) is 21.0. The molecule has 2 aromatic heterocycles. The Balaban J connectivity index is 1.46. The second-order valence-electron chi connectivity index (χ2n) is 21.0. The van der Waals surface area contributed by atoms with E-state index in [4.69, 9.17) is 43.2 Å². The van der Waals surface area contributed by atoms with Crippen molar-refractivity contribution in [1.82, 2.24) is 25.0 Å². The maximum atomic E-state index is 14.8. The highest BCUT2D eigenvalue weighted by Gasteiger charge is 2.53. The van der Waals surface area contributed by atoms with Crippen LogP contribution in [-0.4, -0.2) is 165 Å². The lowest BCUT2D eigenvalue weighted by Gasteiger charge is -2.50. The molecule has 2 bridgehead atoms. The number of aliphatic hydroxyl groups excluding tert-OH is 2. The Kier molecular flexibility index (Phi) is 18.3. The fourth-order valence-corrected chi connectivity index (χ4v) is 11.1. The predicted octanol–water partition coefficient (Wildman–Crippen LogP) is 4.79. The molecule has 5 aliphatic rings. The number of esters is 1. The van der Waals surface area contributed by atoms with Gasteiger partial charge in [-0.15, -0.1) is 0 Å². The van der Waals surface area contributed by atoms with Gasteiger partial charge in [-0.1, -0.05) is 32.0 Å². The molecule has 384 valence electrons. The van der Waals surface area contributed by atoms with Gasteiger partial charge < -0.3 is 63.5 Å². The van der Waals surface area contributed by atoms with E-state index in [1.54, 1.807) is 45.0 Å². The van der Waals surface area contributed by atoms with Gasteiger partial charge in [0.2, 0.25) is 0 Å². The van der Waals surface area contributed by atoms with Crippen LogP contribution in [0.3, 0.4) is 0 Å². The minimum atomic E-state index is -1.47. The number of aliphatic hydroxyl groups is 3. The van der Waals surface area contributed by atoms with E-state index in [9.17, 15) is 20.1 Å². The molecule has 18 atom stereocenters. The third kappa shape index (κ3) is 12.5. The first-order chi connectivity index (χ1) is 32.1. The van der Waals surface area contributed by atoms with Gasteiger partial charge in [0.1, 0.15) is 30.5 Å². The minimum absolute atomic E-state index is 0.0291. The molecule has 18 nitrogen and oxygen atoms in total. The van der Waals surface area contributed by atoms with Gasteiger partial charge in [-0.25, -0.2) is 9.67 Å². The summed E-state index contributed by atoms with van der Waals surface area (Å²) in [6, 6.07) is 5.19. The normalized spacial score (nSPS) is 42.1. The van der Waals surface area contributed by atoms with Gasteiger partial charge in [0.05, 0.1) is 53.9 Å². The highest BCUT2D eigenvalue weighted by atomic mass is 16.7. The summed E-state index contributed by atoms with van der Waals surface area (Å²) < 4.78 is 48.2. The Morgan fingerprint density at radius 2 is 1.79 bits per heavy atom. The van der Waals surface area contributed by atoms with E-state index in [1.165, 1.54) is 0 Å². The summed E-state index contributed by atoms with van der Waals surface area (Å²) in [6.07, 6.45) is -0.0539. The van der Waals surface area contributed by atoms with E-state index in [0.29, 0.717) is 50.2 Å². The summed E-state index contributed by atoms with van der Waals surface area (Å²) in [7, 11) is 5.40. The summed E-state index contributed by atoms with van der Waals surface area (Å²) >= 11 is 0. The van der Waals surface area contributed by atoms with E-state index in [0.717, 1.165) is 5.56 Å². The molecule has 68 heavy (non-hydrogen) atoms. The maximum absolute atomic E-state index is 14.8. The lowest BCUT2D eigenvalue weighted by atomic mass is 9.73. The van der Waals surface area contributed by atoms with Crippen molar-refractivity contribution in [1.29, 1.82) is 0 Å². The van der Waals surface area contributed by atoms with Crippen molar-refractivity contribution < 1.29 is 58.1 Å². The summed E-state index contributed by atoms with van der Waals surface area (Å²) in [4.78, 5) is 27.4. The molecule has 0 aromatic carbocycles. The number of ether oxygens (including phenoxy) is 7. The molecule has 18 heteroatoms. The molecule has 5 aliphatic heterocycles. The van der Waals surface area contributed by atoms with Crippen molar-refractivity contribution in [3.8, 4) is 5.82 Å². The van der Waals surface area contributed by atoms with E-state index < -0.39 is 83.8 Å². The molecule has 0 saturated carbocycles. The molecule has 5 fully saturated rings. The Hall–Kier alpha value is -3.14. The van der Waals surface area contributed by atoms with Crippen LogP contribution in [0.2, 0.25) is 0 Å². The zero-order valence-electron chi connectivity index (χ0n) is 42.7. The molecule has 0 unspecified atom stereocenters. The van der Waals surface area contributed by atoms with Crippen LogP contribution in [-0.2, 0) is 49.4 Å². The van der Waals surface area contributed by atoms with Gasteiger partial charge in [0.15, 0.2) is 18.4 Å². The monoisotopic (exact) mass is 959 g/mol. The van der Waals surface area contributed by atoms with Crippen LogP contribution in [0.1, 0.15) is 113 Å². The summed E-state index contributed by atoms with van der Waals surface area (Å²) in [6.45, 7) is 19.8. The molecule has 0 aliphatic carbocycles. The second kappa shape index (κ2) is 22.9. The first-order valence-electron chi connectivity index (χ1n) is 24.7. The van der Waals surface area contributed by atoms with Crippen LogP contribution in [0.4, 0.5) is 0 Å². The van der Waals surface area contributed by atoms with Crippen molar-refractivity contribution in [3.05, 3.63) is 42.4 Å². The van der Waals surface area contributed by atoms with Gasteiger partial charge in [-0.05, 0) is 125 Å². The standard InChI is InChI=1S/C50H82N6O12/c1-14-39-50(10,60)37-18-17-36(54-63-27-35-16-19-40(52-26-35)56-21-15-20-53-56)28-62-49(9,23-30(3)51-25-29(37)2)45(68-47-42(57)38(55(11)12)22-31(4)64-47)32(5)43(33(6)46(59)66-39)67-41-24-48(8,61-13)44(58)34(7)65-41/h15-16,19-21,26,29-34,37-39,41-45,47,51,57-58,60H,14,17-18,22-25,27-28H2,1-13H3/b54-36+/t29-,30+,31+,32-,33+,34-,37+,38-,39+,41-,42+,43-,44-,45+,47-,48+,49+,50-/m0/s1. The van der Waals surface area contributed by atoms with Crippen LogP contribution in [0.25, 0.3) is 5.82 Å². The number of carbonyl (C=O) groups is 1. The molecule has 5 saturated heterocycles. The van der Waals surface area contributed by atoms with Crippen molar-refractivity contribution in [2.24, 2.45) is 28.8 Å². The van der Waals surface area contributed by atoms with Gasteiger partial charge in [0, 0.05) is 55.7 Å². The number of likely N-dealkylation sites (N-methyl/N-ethyl adjacent to an activating group) is 1. The van der Waals surface area contributed by atoms with Gasteiger partial charge >= 0.3 is 5.97 Å². The zero-order valence-corrected chi connectivity index (χ0v) is 42.7. The average molecular weight is 959 g/mol. The average Bonchev–Trinajstić information content (AvgIpc) is 3.84. The summed E-state index contributed by atoms with van der Waals surface area (Å²) in [5.41, 5.74) is -2.25. The Morgan fingerprint density at radius 1 is 1.04 bits per heavy atom. The largest absolute Gasteiger partial charge is 0.459 e. The van der Waals surface area contributed by atoms with Crippen molar-refractivity contribution in [2.75, 3.05) is 34.4 Å². The van der Waals surface area contributed by atoms with E-state index in [1.807, 2.05) is 78.0 Å². The van der Waals surface area contributed by atoms with Crippen LogP contribution in [0.15, 0.2) is 41.9 Å². The van der Waals surface area contributed by atoms with Crippen LogP contribution >= 0.6 is 0 Å². The third-order valence-corrected chi connectivity index (χ3v) is 15.3. The highest BCUT2D eigenvalue weighted by Crippen LogP contribution is 2.42. The molecule has 0 radical (unpaired) electrons. The first-order valence-corrected chi connectivity index (χ1v) is 24.7. The van der Waals surface area contributed by atoms with Gasteiger partial charge in [0.25, 0.3) is 0 Å². The molecular weight excluding hydrogens is 877 g/mol. The molecule has 0 amide bonds. The Morgan fingerprint density at radius 3 is 2.44 bits per heavy atom. The lowest BCUT2D eigenvalue weighted by molar-refractivity contribution is -0.319. The quantitative estimate of drug-likeness (QED) is 0.176. The van der Waals surface area contributed by atoms with Crippen molar-refractivity contribution in [2.45, 2.75) is 199 Å².